The highest BCUT2D eigenvalue weighted by atomic mass is 35.5. The normalized spacial score (nSPS) is 15.1. The predicted octanol–water partition coefficient (Wildman–Crippen LogP) is 4.05. The Morgan fingerprint density at radius 3 is 2.90 bits per heavy atom. The fraction of sp³-hybridized carbons (Fsp3) is 0.312. The van der Waals surface area contributed by atoms with Gasteiger partial charge in [-0.05, 0) is 25.1 Å². The summed E-state index contributed by atoms with van der Waals surface area (Å²) in [4.78, 5) is 6.34. The largest absolute Gasteiger partial charge is 0.494 e. The van der Waals surface area contributed by atoms with Gasteiger partial charge in [0.2, 0.25) is 0 Å². The van der Waals surface area contributed by atoms with E-state index >= 15 is 0 Å². The standard InChI is InChI=1S/C16H16ClFN2O/c1-3-21-10(2)12-4-11-5-14(17)16(6-15(11)19-7-12)20-8-13(18)9-20/h4-7,13H,2-3,8-9H2,1H3. The van der Waals surface area contributed by atoms with Gasteiger partial charge in [-0.3, -0.25) is 4.98 Å². The topological polar surface area (TPSA) is 25.4 Å². The second-order valence-corrected chi connectivity index (χ2v) is 5.49. The van der Waals surface area contributed by atoms with Crippen molar-refractivity contribution in [3.05, 3.63) is 41.6 Å². The summed E-state index contributed by atoms with van der Waals surface area (Å²) < 4.78 is 18.4. The van der Waals surface area contributed by atoms with Gasteiger partial charge >= 0.3 is 0 Å². The van der Waals surface area contributed by atoms with Crippen LogP contribution in [0.2, 0.25) is 5.02 Å². The van der Waals surface area contributed by atoms with E-state index < -0.39 is 6.17 Å². The molecule has 1 aliphatic rings. The van der Waals surface area contributed by atoms with Gasteiger partial charge in [-0.15, -0.1) is 0 Å². The molecule has 0 radical (unpaired) electrons. The number of nitrogens with zero attached hydrogens (tertiary/aromatic N) is 2. The summed E-state index contributed by atoms with van der Waals surface area (Å²) >= 11 is 6.31. The first-order chi connectivity index (χ1) is 10.1. The summed E-state index contributed by atoms with van der Waals surface area (Å²) in [5.74, 6) is 0.593. The second-order valence-electron chi connectivity index (χ2n) is 5.08. The molecule has 5 heteroatoms. The third-order valence-electron chi connectivity index (χ3n) is 3.57. The lowest BCUT2D eigenvalue weighted by Gasteiger charge is -2.37. The minimum Gasteiger partial charge on any atom is -0.494 e. The van der Waals surface area contributed by atoms with Crippen molar-refractivity contribution in [2.75, 3.05) is 24.6 Å². The molecule has 2 aromatic rings. The van der Waals surface area contributed by atoms with Crippen LogP contribution in [-0.2, 0) is 4.74 Å². The maximum absolute atomic E-state index is 13.0. The number of fused-ring (bicyclic) bond motifs is 1. The van der Waals surface area contributed by atoms with E-state index in [2.05, 4.69) is 11.6 Å². The van der Waals surface area contributed by atoms with Crippen LogP contribution >= 0.6 is 11.6 Å². The molecule has 0 amide bonds. The number of halogens is 2. The fourth-order valence-electron chi connectivity index (χ4n) is 2.41. The first-order valence-corrected chi connectivity index (χ1v) is 7.26. The third-order valence-corrected chi connectivity index (χ3v) is 3.87. The van der Waals surface area contributed by atoms with Gasteiger partial charge in [-0.2, -0.15) is 0 Å². The first-order valence-electron chi connectivity index (χ1n) is 6.89. The van der Waals surface area contributed by atoms with Crippen LogP contribution in [0.3, 0.4) is 0 Å². The molecule has 0 N–H and O–H groups in total. The Kier molecular flexibility index (Phi) is 3.72. The van der Waals surface area contributed by atoms with Crippen LogP contribution in [0, 0.1) is 0 Å². The average Bonchev–Trinajstić information content (AvgIpc) is 2.43. The monoisotopic (exact) mass is 306 g/mol. The van der Waals surface area contributed by atoms with Gasteiger partial charge in [0.25, 0.3) is 0 Å². The molecule has 3 rings (SSSR count). The second kappa shape index (κ2) is 5.53. The molecule has 1 aromatic carbocycles. The Morgan fingerprint density at radius 1 is 1.48 bits per heavy atom. The van der Waals surface area contributed by atoms with E-state index in [9.17, 15) is 4.39 Å². The Hall–Kier alpha value is -1.81. The third kappa shape index (κ3) is 2.68. The molecule has 0 spiro atoms. The molecule has 3 nitrogen and oxygen atoms in total. The molecule has 2 heterocycles. The van der Waals surface area contributed by atoms with Crippen molar-refractivity contribution in [3.8, 4) is 0 Å². The summed E-state index contributed by atoms with van der Waals surface area (Å²) in [5.41, 5.74) is 2.49. The molecule has 0 saturated carbocycles. The van der Waals surface area contributed by atoms with Crippen LogP contribution < -0.4 is 4.90 Å². The Labute approximate surface area is 128 Å². The Bertz CT molecular complexity index is 698. The highest BCUT2D eigenvalue weighted by Crippen LogP contribution is 2.34. The van der Waals surface area contributed by atoms with Crippen LogP contribution in [0.1, 0.15) is 12.5 Å². The van der Waals surface area contributed by atoms with E-state index in [1.165, 1.54) is 0 Å². The molecule has 0 aliphatic carbocycles. The fourth-order valence-corrected chi connectivity index (χ4v) is 2.70. The number of alkyl halides is 1. The number of ether oxygens (including phenoxy) is 1. The van der Waals surface area contributed by atoms with Crippen molar-refractivity contribution in [1.29, 1.82) is 0 Å². The van der Waals surface area contributed by atoms with Crippen molar-refractivity contribution >= 4 is 34.0 Å². The van der Waals surface area contributed by atoms with Gasteiger partial charge in [-0.25, -0.2) is 4.39 Å². The quantitative estimate of drug-likeness (QED) is 0.797. The van der Waals surface area contributed by atoms with Gasteiger partial charge in [0.05, 0.1) is 35.9 Å². The van der Waals surface area contributed by atoms with E-state index in [-0.39, 0.29) is 0 Å². The Morgan fingerprint density at radius 2 is 2.24 bits per heavy atom. The van der Waals surface area contributed by atoms with E-state index in [1.807, 2.05) is 30.0 Å². The van der Waals surface area contributed by atoms with Crippen LogP contribution in [0.4, 0.5) is 10.1 Å². The number of hydrogen-bond acceptors (Lipinski definition) is 3. The van der Waals surface area contributed by atoms with Crippen molar-refractivity contribution in [1.82, 2.24) is 4.98 Å². The molecule has 1 saturated heterocycles. The summed E-state index contributed by atoms with van der Waals surface area (Å²) in [7, 11) is 0. The zero-order valence-corrected chi connectivity index (χ0v) is 12.5. The molecule has 0 unspecified atom stereocenters. The number of anilines is 1. The minimum atomic E-state index is -0.762. The van der Waals surface area contributed by atoms with E-state index in [0.29, 0.717) is 30.5 Å². The van der Waals surface area contributed by atoms with Crippen molar-refractivity contribution in [2.45, 2.75) is 13.1 Å². The zero-order chi connectivity index (χ0) is 15.0. The summed E-state index contributed by atoms with van der Waals surface area (Å²) in [5, 5.41) is 1.52. The summed E-state index contributed by atoms with van der Waals surface area (Å²) in [6.07, 6.45) is 0.966. The number of aromatic nitrogens is 1. The first kappa shape index (κ1) is 14.1. The zero-order valence-electron chi connectivity index (χ0n) is 11.8. The van der Waals surface area contributed by atoms with E-state index in [1.54, 1.807) is 6.20 Å². The van der Waals surface area contributed by atoms with Gasteiger partial charge < -0.3 is 9.64 Å². The van der Waals surface area contributed by atoms with Crippen LogP contribution in [0.15, 0.2) is 31.0 Å². The van der Waals surface area contributed by atoms with E-state index in [0.717, 1.165) is 22.2 Å². The summed E-state index contributed by atoms with van der Waals surface area (Å²) in [6.45, 7) is 7.14. The van der Waals surface area contributed by atoms with Crippen molar-refractivity contribution in [3.63, 3.8) is 0 Å². The average molecular weight is 307 g/mol. The van der Waals surface area contributed by atoms with Crippen LogP contribution in [0.5, 0.6) is 0 Å². The lowest BCUT2D eigenvalue weighted by Crippen LogP contribution is -2.48. The maximum atomic E-state index is 13.0. The van der Waals surface area contributed by atoms with Gasteiger partial charge in [0.15, 0.2) is 0 Å². The van der Waals surface area contributed by atoms with Crippen molar-refractivity contribution < 1.29 is 9.13 Å². The Balaban J connectivity index is 1.96. The lowest BCUT2D eigenvalue weighted by molar-refractivity contribution is 0.275. The van der Waals surface area contributed by atoms with E-state index in [4.69, 9.17) is 16.3 Å². The minimum absolute atomic E-state index is 0.393. The van der Waals surface area contributed by atoms with Gasteiger partial charge in [-0.1, -0.05) is 18.2 Å². The molecular weight excluding hydrogens is 291 g/mol. The highest BCUT2D eigenvalue weighted by Gasteiger charge is 2.28. The smallest absolute Gasteiger partial charge is 0.135 e. The molecule has 21 heavy (non-hydrogen) atoms. The highest BCUT2D eigenvalue weighted by molar-refractivity contribution is 6.34. The van der Waals surface area contributed by atoms with Crippen LogP contribution in [-0.4, -0.2) is 30.9 Å². The number of rotatable bonds is 4. The summed E-state index contributed by atoms with van der Waals surface area (Å²) in [6, 6.07) is 5.70. The number of benzene rings is 1. The van der Waals surface area contributed by atoms with Gasteiger partial charge in [0.1, 0.15) is 11.9 Å². The SMILES string of the molecule is C=C(OCC)c1cnc2cc(N3CC(F)C3)c(Cl)cc2c1. The maximum Gasteiger partial charge on any atom is 0.135 e. The molecule has 1 fully saturated rings. The number of hydrogen-bond donors (Lipinski definition) is 0. The molecular formula is C16H16ClFN2O. The van der Waals surface area contributed by atoms with Crippen molar-refractivity contribution in [2.24, 2.45) is 0 Å². The molecule has 1 aromatic heterocycles. The number of pyridine rings is 1. The molecule has 0 atom stereocenters. The lowest BCUT2D eigenvalue weighted by atomic mass is 10.1. The predicted molar refractivity (Wildman–Crippen MR) is 84.5 cm³/mol. The van der Waals surface area contributed by atoms with Gasteiger partial charge in [0, 0.05) is 17.1 Å². The molecule has 0 bridgehead atoms. The molecule has 110 valence electrons. The molecule has 1 aliphatic heterocycles. The van der Waals surface area contributed by atoms with Crippen LogP contribution in [0.25, 0.3) is 16.7 Å².